The Bertz CT molecular complexity index is 607. The number of rotatable bonds is 4. The first-order valence-electron chi connectivity index (χ1n) is 5.37. The Labute approximate surface area is 117 Å². The number of halogens is 1. The summed E-state index contributed by atoms with van der Waals surface area (Å²) >= 11 is 3.31. The Morgan fingerprint density at radius 3 is 2.58 bits per heavy atom. The largest absolute Gasteiger partial charge is 0.477 e. The lowest BCUT2D eigenvalue weighted by Crippen LogP contribution is -2.14. The highest BCUT2D eigenvalue weighted by atomic mass is 79.9. The van der Waals surface area contributed by atoms with Crippen molar-refractivity contribution >= 4 is 33.6 Å². The van der Waals surface area contributed by atoms with E-state index in [-0.39, 0.29) is 23.8 Å². The highest BCUT2D eigenvalue weighted by Crippen LogP contribution is 2.12. The van der Waals surface area contributed by atoms with Crippen molar-refractivity contribution in [3.63, 3.8) is 0 Å². The predicted octanol–water partition coefficient (Wildman–Crippen LogP) is 2.05. The average Bonchev–Trinajstić information content (AvgIpc) is 2.80. The molecule has 0 saturated heterocycles. The van der Waals surface area contributed by atoms with E-state index < -0.39 is 5.97 Å². The van der Waals surface area contributed by atoms with Gasteiger partial charge in [0.15, 0.2) is 5.82 Å². The predicted molar refractivity (Wildman–Crippen MR) is 72.0 cm³/mol. The van der Waals surface area contributed by atoms with E-state index in [0.29, 0.717) is 0 Å². The van der Waals surface area contributed by atoms with Crippen LogP contribution in [-0.2, 0) is 11.2 Å². The number of nitrogens with one attached hydrogen (secondary N) is 2. The summed E-state index contributed by atoms with van der Waals surface area (Å²) in [4.78, 5) is 22.4. The van der Waals surface area contributed by atoms with Gasteiger partial charge in [-0.1, -0.05) is 28.1 Å². The molecule has 0 aliphatic carbocycles. The van der Waals surface area contributed by atoms with E-state index in [1.54, 1.807) is 0 Å². The van der Waals surface area contributed by atoms with Crippen LogP contribution < -0.4 is 5.32 Å². The summed E-state index contributed by atoms with van der Waals surface area (Å²) in [6.07, 6.45) is 0.197. The molecule has 1 aromatic heterocycles. The number of carbonyl (C=O) groups is 2. The first kappa shape index (κ1) is 13.3. The van der Waals surface area contributed by atoms with Crippen molar-refractivity contribution in [1.82, 2.24) is 10.2 Å². The molecule has 2 rings (SSSR count). The van der Waals surface area contributed by atoms with Gasteiger partial charge in [-0.25, -0.2) is 4.79 Å². The summed E-state index contributed by atoms with van der Waals surface area (Å²) in [6.45, 7) is 0. The summed E-state index contributed by atoms with van der Waals surface area (Å²) in [7, 11) is 0. The molecule has 3 N–H and O–H groups in total. The monoisotopic (exact) mass is 323 g/mol. The molecule has 6 nitrogen and oxygen atoms in total. The molecular formula is C12H10BrN3O3. The molecule has 0 saturated carbocycles. The number of nitrogens with zero attached hydrogens (tertiary/aromatic N) is 1. The quantitative estimate of drug-likeness (QED) is 0.802. The maximum Gasteiger partial charge on any atom is 0.353 e. The van der Waals surface area contributed by atoms with E-state index in [1.165, 1.54) is 6.07 Å². The molecule has 0 radical (unpaired) electrons. The number of carboxylic acid groups (broad SMARTS) is 1. The van der Waals surface area contributed by atoms with Crippen LogP contribution in [0, 0.1) is 0 Å². The normalized spacial score (nSPS) is 10.2. The van der Waals surface area contributed by atoms with Gasteiger partial charge >= 0.3 is 5.97 Å². The Kier molecular flexibility index (Phi) is 3.96. The van der Waals surface area contributed by atoms with Gasteiger partial charge in [0, 0.05) is 10.5 Å². The molecule has 7 heteroatoms. The van der Waals surface area contributed by atoms with Crippen molar-refractivity contribution in [2.45, 2.75) is 6.42 Å². The van der Waals surface area contributed by atoms with Crippen LogP contribution in [0.4, 0.5) is 5.82 Å². The second-order valence-electron chi connectivity index (χ2n) is 3.82. The van der Waals surface area contributed by atoms with Gasteiger partial charge in [0.05, 0.1) is 6.42 Å². The summed E-state index contributed by atoms with van der Waals surface area (Å²) in [5, 5.41) is 17.2. The molecule has 1 aromatic carbocycles. The minimum atomic E-state index is -1.12. The fraction of sp³-hybridized carbons (Fsp3) is 0.0833. The summed E-state index contributed by atoms with van der Waals surface area (Å²) in [6, 6.07) is 8.62. The number of H-pyrrole nitrogens is 1. The van der Waals surface area contributed by atoms with Crippen LogP contribution in [0.5, 0.6) is 0 Å². The topological polar surface area (TPSA) is 95.1 Å². The number of hydrogen-bond acceptors (Lipinski definition) is 3. The second-order valence-corrected chi connectivity index (χ2v) is 4.74. The number of aromatic nitrogens is 2. The molecule has 0 spiro atoms. The highest BCUT2D eigenvalue weighted by Gasteiger charge is 2.10. The summed E-state index contributed by atoms with van der Waals surface area (Å²) in [5.74, 6) is -1.19. The highest BCUT2D eigenvalue weighted by molar-refractivity contribution is 9.10. The van der Waals surface area contributed by atoms with Gasteiger partial charge in [-0.05, 0) is 17.7 Å². The smallest absolute Gasteiger partial charge is 0.353 e. The van der Waals surface area contributed by atoms with Crippen molar-refractivity contribution < 1.29 is 14.7 Å². The van der Waals surface area contributed by atoms with Gasteiger partial charge in [-0.3, -0.25) is 9.89 Å². The number of aromatic amines is 1. The SMILES string of the molecule is O=C(Cc1ccc(Br)cc1)Nc1cc(C(=O)O)[nH]n1. The Hall–Kier alpha value is -2.15. The molecule has 1 heterocycles. The van der Waals surface area contributed by atoms with Gasteiger partial charge in [-0.15, -0.1) is 0 Å². The number of benzene rings is 1. The van der Waals surface area contributed by atoms with Gasteiger partial charge in [0.25, 0.3) is 0 Å². The Balaban J connectivity index is 1.97. The van der Waals surface area contributed by atoms with Gasteiger partial charge in [0.2, 0.25) is 5.91 Å². The lowest BCUT2D eigenvalue weighted by Gasteiger charge is -2.02. The minimum absolute atomic E-state index is 0.0704. The lowest BCUT2D eigenvalue weighted by molar-refractivity contribution is -0.115. The van der Waals surface area contributed by atoms with E-state index in [9.17, 15) is 9.59 Å². The molecular weight excluding hydrogens is 314 g/mol. The van der Waals surface area contributed by atoms with Crippen molar-refractivity contribution in [2.75, 3.05) is 5.32 Å². The van der Waals surface area contributed by atoms with E-state index in [0.717, 1.165) is 10.0 Å². The van der Waals surface area contributed by atoms with Gasteiger partial charge < -0.3 is 10.4 Å². The van der Waals surface area contributed by atoms with E-state index >= 15 is 0 Å². The maximum absolute atomic E-state index is 11.7. The van der Waals surface area contributed by atoms with Gasteiger partial charge in [-0.2, -0.15) is 5.10 Å². The molecule has 1 amide bonds. The van der Waals surface area contributed by atoms with Crippen molar-refractivity contribution in [3.05, 3.63) is 46.1 Å². The maximum atomic E-state index is 11.7. The van der Waals surface area contributed by atoms with Crippen molar-refractivity contribution in [3.8, 4) is 0 Å². The van der Waals surface area contributed by atoms with Crippen LogP contribution >= 0.6 is 15.9 Å². The zero-order chi connectivity index (χ0) is 13.8. The fourth-order valence-electron chi connectivity index (χ4n) is 1.47. The third-order valence-electron chi connectivity index (χ3n) is 2.35. The van der Waals surface area contributed by atoms with Gasteiger partial charge in [0.1, 0.15) is 5.69 Å². The summed E-state index contributed by atoms with van der Waals surface area (Å²) < 4.78 is 0.940. The molecule has 0 bridgehead atoms. The third-order valence-corrected chi connectivity index (χ3v) is 2.88. The van der Waals surface area contributed by atoms with Crippen LogP contribution in [0.3, 0.4) is 0 Å². The number of anilines is 1. The summed E-state index contributed by atoms with van der Waals surface area (Å²) in [5.41, 5.74) is 0.786. The first-order chi connectivity index (χ1) is 9.04. The van der Waals surface area contributed by atoms with Crippen LogP contribution in [0.25, 0.3) is 0 Å². The molecule has 0 atom stereocenters. The second kappa shape index (κ2) is 5.66. The first-order valence-corrected chi connectivity index (χ1v) is 6.17. The zero-order valence-electron chi connectivity index (χ0n) is 9.68. The molecule has 98 valence electrons. The number of amides is 1. The number of hydrogen-bond donors (Lipinski definition) is 3. The number of carbonyl (C=O) groups excluding carboxylic acids is 1. The molecule has 2 aromatic rings. The molecule has 0 aliphatic rings. The van der Waals surface area contributed by atoms with E-state index in [1.807, 2.05) is 24.3 Å². The molecule has 0 aliphatic heterocycles. The standard InChI is InChI=1S/C12H10BrN3O3/c13-8-3-1-7(2-4-8)5-11(17)14-10-6-9(12(18)19)15-16-10/h1-4,6H,5H2,(H,18,19)(H2,14,15,16,17). The van der Waals surface area contributed by atoms with Crippen LogP contribution in [0.15, 0.2) is 34.8 Å². The zero-order valence-corrected chi connectivity index (χ0v) is 11.3. The van der Waals surface area contributed by atoms with Crippen LogP contribution in [0.1, 0.15) is 16.1 Å². The van der Waals surface area contributed by atoms with Crippen LogP contribution in [-0.4, -0.2) is 27.2 Å². The lowest BCUT2D eigenvalue weighted by atomic mass is 10.1. The fourth-order valence-corrected chi connectivity index (χ4v) is 1.73. The Morgan fingerprint density at radius 2 is 2.00 bits per heavy atom. The number of carboxylic acids is 1. The van der Waals surface area contributed by atoms with Crippen molar-refractivity contribution in [1.29, 1.82) is 0 Å². The van der Waals surface area contributed by atoms with Crippen molar-refractivity contribution in [2.24, 2.45) is 0 Å². The molecule has 0 unspecified atom stereocenters. The molecule has 0 fully saturated rings. The third kappa shape index (κ3) is 3.65. The van der Waals surface area contributed by atoms with E-state index in [4.69, 9.17) is 5.11 Å². The average molecular weight is 324 g/mol. The van der Waals surface area contributed by atoms with Crippen LogP contribution in [0.2, 0.25) is 0 Å². The Morgan fingerprint density at radius 1 is 1.32 bits per heavy atom. The molecule has 19 heavy (non-hydrogen) atoms. The minimum Gasteiger partial charge on any atom is -0.477 e. The van der Waals surface area contributed by atoms with E-state index in [2.05, 4.69) is 31.4 Å². The number of aromatic carboxylic acids is 1.